The quantitative estimate of drug-likeness (QED) is 0.451. The zero-order valence-corrected chi connectivity index (χ0v) is 17.4. The summed E-state index contributed by atoms with van der Waals surface area (Å²) in [6.07, 6.45) is 7.46. The zero-order valence-electron chi connectivity index (χ0n) is 17.4. The van der Waals surface area contributed by atoms with E-state index in [9.17, 15) is 15.0 Å². The van der Waals surface area contributed by atoms with Crippen LogP contribution in [-0.2, 0) is 0 Å². The third kappa shape index (κ3) is 3.18. The lowest BCUT2D eigenvalue weighted by atomic mass is 9.93. The number of methoxy groups -OCH3 is 1. The molecule has 1 unspecified atom stereocenters. The standard InChI is InChI=1S/C24H24O6/c1-13(2)6-5-10-24(3)11-9-14-17(30-24)12-18-19(21(14)26)22(27)20-16(29-18)8-7-15(25)23(20)28-4/h6-9,11-12,25-26H,5,10H2,1-4H3. The maximum Gasteiger partial charge on any atom is 0.208 e. The first kappa shape index (κ1) is 19.9. The first-order valence-corrected chi connectivity index (χ1v) is 9.78. The Morgan fingerprint density at radius 1 is 1.20 bits per heavy atom. The molecular formula is C24H24O6. The molecule has 2 N–H and O–H groups in total. The number of hydrogen-bond acceptors (Lipinski definition) is 6. The highest BCUT2D eigenvalue weighted by Gasteiger charge is 2.30. The van der Waals surface area contributed by atoms with Gasteiger partial charge in [-0.1, -0.05) is 11.6 Å². The van der Waals surface area contributed by atoms with E-state index < -0.39 is 11.0 Å². The topological polar surface area (TPSA) is 89.1 Å². The van der Waals surface area contributed by atoms with Crippen molar-refractivity contribution < 1.29 is 24.1 Å². The Hall–Kier alpha value is -3.41. The molecule has 6 heteroatoms. The Labute approximate surface area is 173 Å². The van der Waals surface area contributed by atoms with E-state index in [-0.39, 0.29) is 39.2 Å². The summed E-state index contributed by atoms with van der Waals surface area (Å²) in [6.45, 7) is 6.09. The van der Waals surface area contributed by atoms with E-state index >= 15 is 0 Å². The maximum absolute atomic E-state index is 13.2. The minimum atomic E-state index is -0.536. The van der Waals surface area contributed by atoms with E-state index in [1.807, 2.05) is 13.0 Å². The van der Waals surface area contributed by atoms with Crippen molar-refractivity contribution in [3.8, 4) is 23.0 Å². The molecule has 0 saturated carbocycles. The van der Waals surface area contributed by atoms with E-state index in [2.05, 4.69) is 19.9 Å². The fourth-order valence-corrected chi connectivity index (χ4v) is 3.81. The second-order valence-corrected chi connectivity index (χ2v) is 8.00. The van der Waals surface area contributed by atoms with Gasteiger partial charge in [-0.15, -0.1) is 0 Å². The summed E-state index contributed by atoms with van der Waals surface area (Å²) in [5.41, 5.74) is 1.11. The van der Waals surface area contributed by atoms with Crippen LogP contribution in [0.1, 0.15) is 39.2 Å². The van der Waals surface area contributed by atoms with Gasteiger partial charge in [0.15, 0.2) is 11.5 Å². The summed E-state index contributed by atoms with van der Waals surface area (Å²) in [7, 11) is 1.36. The average molecular weight is 408 g/mol. The van der Waals surface area contributed by atoms with Crippen molar-refractivity contribution >= 4 is 28.0 Å². The molecule has 1 atom stereocenters. The number of ether oxygens (including phenoxy) is 2. The molecule has 30 heavy (non-hydrogen) atoms. The van der Waals surface area contributed by atoms with E-state index in [1.54, 1.807) is 12.1 Å². The molecule has 0 bridgehead atoms. The molecular weight excluding hydrogens is 384 g/mol. The van der Waals surface area contributed by atoms with Gasteiger partial charge in [-0.25, -0.2) is 0 Å². The van der Waals surface area contributed by atoms with Gasteiger partial charge in [0.1, 0.15) is 39.0 Å². The lowest BCUT2D eigenvalue weighted by Gasteiger charge is -2.32. The van der Waals surface area contributed by atoms with Gasteiger partial charge in [0.05, 0.1) is 12.7 Å². The van der Waals surface area contributed by atoms with Gasteiger partial charge in [0, 0.05) is 6.07 Å². The van der Waals surface area contributed by atoms with Gasteiger partial charge in [0.25, 0.3) is 0 Å². The van der Waals surface area contributed by atoms with Gasteiger partial charge in [-0.2, -0.15) is 0 Å². The fraction of sp³-hybridized carbons (Fsp3) is 0.292. The highest BCUT2D eigenvalue weighted by molar-refractivity contribution is 5.99. The number of benzene rings is 2. The fourth-order valence-electron chi connectivity index (χ4n) is 3.81. The molecule has 156 valence electrons. The van der Waals surface area contributed by atoms with Crippen molar-refractivity contribution in [3.63, 3.8) is 0 Å². The summed E-state index contributed by atoms with van der Waals surface area (Å²) in [6, 6.07) is 4.52. The predicted octanol–water partition coefficient (Wildman–Crippen LogP) is 5.28. The minimum Gasteiger partial charge on any atom is -0.506 e. The molecule has 0 saturated heterocycles. The number of rotatable bonds is 4. The number of allylic oxidation sites excluding steroid dienone is 2. The monoisotopic (exact) mass is 408 g/mol. The van der Waals surface area contributed by atoms with E-state index in [1.165, 1.54) is 24.8 Å². The Kier molecular flexibility index (Phi) is 4.73. The van der Waals surface area contributed by atoms with Crippen molar-refractivity contribution in [2.45, 2.75) is 39.2 Å². The molecule has 0 aliphatic carbocycles. The van der Waals surface area contributed by atoms with Crippen molar-refractivity contribution in [1.29, 1.82) is 0 Å². The smallest absolute Gasteiger partial charge is 0.208 e. The summed E-state index contributed by atoms with van der Waals surface area (Å²) in [5, 5.41) is 21.0. The average Bonchev–Trinajstić information content (AvgIpc) is 2.67. The minimum absolute atomic E-state index is 0.0129. The zero-order chi connectivity index (χ0) is 21.6. The molecule has 0 fully saturated rings. The summed E-state index contributed by atoms with van der Waals surface area (Å²) >= 11 is 0. The highest BCUT2D eigenvalue weighted by Crippen LogP contribution is 2.43. The molecule has 0 radical (unpaired) electrons. The molecule has 6 nitrogen and oxygen atoms in total. The number of hydrogen-bond donors (Lipinski definition) is 2. The van der Waals surface area contributed by atoms with Gasteiger partial charge in [0.2, 0.25) is 5.43 Å². The van der Waals surface area contributed by atoms with E-state index in [0.29, 0.717) is 11.3 Å². The Morgan fingerprint density at radius 2 is 1.97 bits per heavy atom. The summed E-state index contributed by atoms with van der Waals surface area (Å²) < 4.78 is 17.3. The van der Waals surface area contributed by atoms with Crippen LogP contribution >= 0.6 is 0 Å². The first-order valence-electron chi connectivity index (χ1n) is 9.78. The largest absolute Gasteiger partial charge is 0.506 e. The first-order chi connectivity index (χ1) is 14.2. The third-order valence-corrected chi connectivity index (χ3v) is 5.38. The van der Waals surface area contributed by atoms with Crippen LogP contribution < -0.4 is 14.9 Å². The normalized spacial score (nSPS) is 17.6. The van der Waals surface area contributed by atoms with Gasteiger partial charge < -0.3 is 24.1 Å². The Morgan fingerprint density at radius 3 is 2.67 bits per heavy atom. The van der Waals surface area contributed by atoms with Crippen molar-refractivity contribution in [2.24, 2.45) is 0 Å². The number of phenolic OH excluding ortho intramolecular Hbond substituents is 2. The molecule has 0 amide bonds. The maximum atomic E-state index is 13.2. The third-order valence-electron chi connectivity index (χ3n) is 5.38. The van der Waals surface area contributed by atoms with Crippen LogP contribution in [-0.4, -0.2) is 22.9 Å². The van der Waals surface area contributed by atoms with Crippen LogP contribution in [0.25, 0.3) is 28.0 Å². The van der Waals surface area contributed by atoms with E-state index in [4.69, 9.17) is 13.9 Å². The lowest BCUT2D eigenvalue weighted by molar-refractivity contribution is 0.128. The van der Waals surface area contributed by atoms with Gasteiger partial charge in [-0.3, -0.25) is 4.79 Å². The highest BCUT2D eigenvalue weighted by atomic mass is 16.5. The van der Waals surface area contributed by atoms with Crippen LogP contribution in [0.4, 0.5) is 0 Å². The van der Waals surface area contributed by atoms with Crippen molar-refractivity contribution in [1.82, 2.24) is 0 Å². The number of fused-ring (bicyclic) bond motifs is 3. The molecule has 2 aromatic carbocycles. The predicted molar refractivity (Wildman–Crippen MR) is 117 cm³/mol. The Balaban J connectivity index is 1.89. The lowest BCUT2D eigenvalue weighted by Crippen LogP contribution is -2.31. The number of phenols is 2. The molecule has 4 rings (SSSR count). The van der Waals surface area contributed by atoms with Crippen LogP contribution in [0.3, 0.4) is 0 Å². The second kappa shape index (κ2) is 7.13. The van der Waals surface area contributed by atoms with Crippen LogP contribution in [0, 0.1) is 0 Å². The molecule has 2 heterocycles. The van der Waals surface area contributed by atoms with Gasteiger partial charge in [-0.05, 0) is 57.9 Å². The second-order valence-electron chi connectivity index (χ2n) is 8.00. The van der Waals surface area contributed by atoms with Crippen LogP contribution in [0.15, 0.2) is 45.1 Å². The van der Waals surface area contributed by atoms with Crippen molar-refractivity contribution in [3.05, 3.63) is 51.7 Å². The van der Waals surface area contributed by atoms with Crippen LogP contribution in [0.2, 0.25) is 0 Å². The van der Waals surface area contributed by atoms with Crippen LogP contribution in [0.5, 0.6) is 23.0 Å². The molecule has 1 aliphatic heterocycles. The number of aromatic hydroxyl groups is 2. The molecule has 0 spiro atoms. The molecule has 1 aliphatic rings. The summed E-state index contributed by atoms with van der Waals surface area (Å²) in [5.74, 6) is 0.0740. The Bertz CT molecular complexity index is 1280. The summed E-state index contributed by atoms with van der Waals surface area (Å²) in [4.78, 5) is 13.2. The van der Waals surface area contributed by atoms with Crippen molar-refractivity contribution in [2.75, 3.05) is 7.11 Å². The SMILES string of the molecule is COc1c(O)ccc2oc3cc4c(c(O)c3c(=O)c12)C=CC(C)(CCC=C(C)C)O4. The molecule has 3 aromatic rings. The van der Waals surface area contributed by atoms with Gasteiger partial charge >= 0.3 is 0 Å². The molecule has 1 aromatic heterocycles. The van der Waals surface area contributed by atoms with E-state index in [0.717, 1.165) is 12.8 Å².